The zero-order valence-electron chi connectivity index (χ0n) is 9.87. The molecule has 1 aliphatic heterocycles. The number of aromatic nitrogens is 4. The number of carbonyl (C=O) groups is 1. The van der Waals surface area contributed by atoms with E-state index in [1.165, 1.54) is 6.33 Å². The van der Waals surface area contributed by atoms with Crippen molar-refractivity contribution < 1.29 is 9.90 Å². The first-order chi connectivity index (χ1) is 8.68. The molecule has 1 fully saturated rings. The zero-order chi connectivity index (χ0) is 12.7. The molecule has 0 bridgehead atoms. The lowest BCUT2D eigenvalue weighted by Crippen LogP contribution is -2.33. The molecule has 2 atom stereocenters. The van der Waals surface area contributed by atoms with Crippen LogP contribution in [0.5, 0.6) is 0 Å². The molecule has 2 aromatic rings. The highest BCUT2D eigenvalue weighted by molar-refractivity contribution is 5.84. The molecule has 94 valence electrons. The number of imidazole rings is 1. The maximum Gasteiger partial charge on any atom is 0.308 e. The Bertz CT molecular complexity index is 596. The second-order valence-electron chi connectivity index (χ2n) is 4.47. The molecular formula is C11H13N5O2. The van der Waals surface area contributed by atoms with Gasteiger partial charge in [-0.1, -0.05) is 0 Å². The third-order valence-electron chi connectivity index (χ3n) is 3.55. The van der Waals surface area contributed by atoms with Crippen molar-refractivity contribution in [3.8, 4) is 0 Å². The minimum Gasteiger partial charge on any atom is -0.481 e. The van der Waals surface area contributed by atoms with Crippen LogP contribution in [0.1, 0.15) is 13.3 Å². The minimum absolute atomic E-state index is 0.0797. The van der Waals surface area contributed by atoms with Gasteiger partial charge in [0, 0.05) is 12.6 Å². The normalized spacial score (nSPS) is 23.7. The highest BCUT2D eigenvalue weighted by atomic mass is 16.4. The van der Waals surface area contributed by atoms with E-state index in [2.05, 4.69) is 19.9 Å². The van der Waals surface area contributed by atoms with Crippen LogP contribution in [0.4, 0.5) is 5.82 Å². The van der Waals surface area contributed by atoms with Gasteiger partial charge in [-0.3, -0.25) is 4.79 Å². The molecule has 0 amide bonds. The largest absolute Gasteiger partial charge is 0.481 e. The maximum absolute atomic E-state index is 11.1. The number of carboxylic acids is 1. The lowest BCUT2D eigenvalue weighted by atomic mass is 10.0. The Morgan fingerprint density at radius 2 is 2.33 bits per heavy atom. The molecule has 18 heavy (non-hydrogen) atoms. The van der Waals surface area contributed by atoms with Crippen molar-refractivity contribution in [1.82, 2.24) is 19.9 Å². The smallest absolute Gasteiger partial charge is 0.308 e. The number of hydrogen-bond donors (Lipinski definition) is 2. The maximum atomic E-state index is 11.1. The summed E-state index contributed by atoms with van der Waals surface area (Å²) >= 11 is 0. The number of fused-ring (bicyclic) bond motifs is 1. The van der Waals surface area contributed by atoms with Gasteiger partial charge in [-0.25, -0.2) is 15.0 Å². The second kappa shape index (κ2) is 3.94. The van der Waals surface area contributed by atoms with Crippen molar-refractivity contribution in [1.29, 1.82) is 0 Å². The number of nitrogens with zero attached hydrogens (tertiary/aromatic N) is 4. The van der Waals surface area contributed by atoms with Crippen molar-refractivity contribution in [3.05, 3.63) is 12.7 Å². The number of carboxylic acid groups (broad SMARTS) is 1. The molecule has 0 saturated carbocycles. The number of anilines is 1. The Morgan fingerprint density at radius 3 is 3.06 bits per heavy atom. The minimum atomic E-state index is -0.750. The van der Waals surface area contributed by atoms with Crippen LogP contribution >= 0.6 is 0 Å². The Hall–Kier alpha value is -2.18. The fraction of sp³-hybridized carbons (Fsp3) is 0.455. The van der Waals surface area contributed by atoms with Gasteiger partial charge in [0.2, 0.25) is 0 Å². The third-order valence-corrected chi connectivity index (χ3v) is 3.55. The highest BCUT2D eigenvalue weighted by Gasteiger charge is 2.37. The van der Waals surface area contributed by atoms with Crippen LogP contribution in [0.3, 0.4) is 0 Å². The Kier molecular flexibility index (Phi) is 2.39. The standard InChI is InChI=1S/C11H13N5O2/c1-6-7(11(17)18)2-3-16(6)10-8-9(13-4-12-8)14-5-15-10/h4-7H,2-3H2,1H3,(H,17,18)(H,12,13,14,15). The van der Waals surface area contributed by atoms with Crippen molar-refractivity contribution in [2.24, 2.45) is 5.92 Å². The Morgan fingerprint density at radius 1 is 1.50 bits per heavy atom. The predicted molar refractivity (Wildman–Crippen MR) is 64.2 cm³/mol. The van der Waals surface area contributed by atoms with E-state index in [0.29, 0.717) is 18.6 Å². The summed E-state index contributed by atoms with van der Waals surface area (Å²) in [7, 11) is 0. The molecule has 0 aliphatic carbocycles. The molecule has 2 N–H and O–H groups in total. The van der Waals surface area contributed by atoms with Gasteiger partial charge in [-0.2, -0.15) is 0 Å². The first-order valence-electron chi connectivity index (χ1n) is 5.82. The van der Waals surface area contributed by atoms with Crippen molar-refractivity contribution >= 4 is 23.0 Å². The van der Waals surface area contributed by atoms with Gasteiger partial charge in [0.05, 0.1) is 12.2 Å². The third kappa shape index (κ3) is 1.51. The monoisotopic (exact) mass is 247 g/mol. The van der Waals surface area contributed by atoms with Crippen LogP contribution in [-0.2, 0) is 4.79 Å². The fourth-order valence-corrected chi connectivity index (χ4v) is 2.54. The summed E-state index contributed by atoms with van der Waals surface area (Å²) in [4.78, 5) is 28.5. The first-order valence-corrected chi connectivity index (χ1v) is 5.82. The number of aromatic amines is 1. The zero-order valence-corrected chi connectivity index (χ0v) is 9.87. The van der Waals surface area contributed by atoms with Gasteiger partial charge in [-0.05, 0) is 13.3 Å². The van der Waals surface area contributed by atoms with Crippen molar-refractivity contribution in [2.75, 3.05) is 11.4 Å². The molecule has 0 spiro atoms. The number of H-pyrrole nitrogens is 1. The van der Waals surface area contributed by atoms with Crippen LogP contribution < -0.4 is 4.90 Å². The van der Waals surface area contributed by atoms with E-state index in [9.17, 15) is 4.79 Å². The summed E-state index contributed by atoms with van der Waals surface area (Å²) in [6.07, 6.45) is 3.66. The van der Waals surface area contributed by atoms with Crippen LogP contribution in [0.2, 0.25) is 0 Å². The van der Waals surface area contributed by atoms with E-state index in [4.69, 9.17) is 5.11 Å². The van der Waals surface area contributed by atoms with Crippen LogP contribution in [-0.4, -0.2) is 43.6 Å². The summed E-state index contributed by atoms with van der Waals surface area (Å²) in [5.41, 5.74) is 1.36. The van der Waals surface area contributed by atoms with Gasteiger partial charge < -0.3 is 15.0 Å². The summed E-state index contributed by atoms with van der Waals surface area (Å²) in [6.45, 7) is 2.60. The van der Waals surface area contributed by atoms with Crippen molar-refractivity contribution in [3.63, 3.8) is 0 Å². The Balaban J connectivity index is 2.01. The number of nitrogens with one attached hydrogen (secondary N) is 1. The average molecular weight is 247 g/mol. The van der Waals surface area contributed by atoms with E-state index in [0.717, 1.165) is 11.3 Å². The summed E-state index contributed by atoms with van der Waals surface area (Å²) < 4.78 is 0. The molecule has 1 aliphatic rings. The molecule has 2 unspecified atom stereocenters. The van der Waals surface area contributed by atoms with Crippen molar-refractivity contribution in [2.45, 2.75) is 19.4 Å². The number of hydrogen-bond acceptors (Lipinski definition) is 5. The predicted octanol–water partition coefficient (Wildman–Crippen LogP) is 0.652. The number of rotatable bonds is 2. The molecule has 1 saturated heterocycles. The van der Waals surface area contributed by atoms with Gasteiger partial charge in [0.25, 0.3) is 0 Å². The molecule has 2 aromatic heterocycles. The molecule has 0 radical (unpaired) electrons. The SMILES string of the molecule is CC1C(C(=O)O)CCN1c1ncnc2nc[nH]c12. The topological polar surface area (TPSA) is 95.0 Å². The molecule has 7 nitrogen and oxygen atoms in total. The van der Waals surface area contributed by atoms with Crippen LogP contribution in [0, 0.1) is 5.92 Å². The lowest BCUT2D eigenvalue weighted by Gasteiger charge is -2.24. The van der Waals surface area contributed by atoms with E-state index < -0.39 is 5.97 Å². The summed E-state index contributed by atoms with van der Waals surface area (Å²) in [6, 6.07) is -0.0797. The van der Waals surface area contributed by atoms with E-state index in [1.54, 1.807) is 6.33 Å². The first kappa shape index (κ1) is 10.9. The van der Waals surface area contributed by atoms with Gasteiger partial charge in [-0.15, -0.1) is 0 Å². The number of aliphatic carboxylic acids is 1. The summed E-state index contributed by atoms with van der Waals surface area (Å²) in [5.74, 6) is -0.369. The van der Waals surface area contributed by atoms with E-state index in [-0.39, 0.29) is 12.0 Å². The molecule has 7 heteroatoms. The average Bonchev–Trinajstić information content (AvgIpc) is 2.94. The van der Waals surface area contributed by atoms with Gasteiger partial charge >= 0.3 is 5.97 Å². The van der Waals surface area contributed by atoms with E-state index >= 15 is 0 Å². The lowest BCUT2D eigenvalue weighted by molar-refractivity contribution is -0.141. The van der Waals surface area contributed by atoms with Gasteiger partial charge in [0.1, 0.15) is 11.8 Å². The van der Waals surface area contributed by atoms with Crippen LogP contribution in [0.15, 0.2) is 12.7 Å². The fourth-order valence-electron chi connectivity index (χ4n) is 2.54. The van der Waals surface area contributed by atoms with E-state index in [1.807, 2.05) is 11.8 Å². The molecule has 0 aromatic carbocycles. The second-order valence-corrected chi connectivity index (χ2v) is 4.47. The quantitative estimate of drug-likeness (QED) is 0.809. The molecular weight excluding hydrogens is 234 g/mol. The van der Waals surface area contributed by atoms with Crippen LogP contribution in [0.25, 0.3) is 11.2 Å². The van der Waals surface area contributed by atoms with Gasteiger partial charge in [0.15, 0.2) is 11.5 Å². The Labute approximate surface area is 103 Å². The summed E-state index contributed by atoms with van der Waals surface area (Å²) in [5, 5.41) is 9.14. The molecule has 3 heterocycles. The molecule has 3 rings (SSSR count). The highest BCUT2D eigenvalue weighted by Crippen LogP contribution is 2.31.